The number of nitrogens with one attached hydrogen (secondary N) is 1. The first-order chi connectivity index (χ1) is 7.66. The molecule has 0 aliphatic rings. The Labute approximate surface area is 99.0 Å². The smallest absolute Gasteiger partial charge is 0.0658 e. The molecule has 0 bridgehead atoms. The number of rotatable bonds is 3. The summed E-state index contributed by atoms with van der Waals surface area (Å²) in [5.74, 6) is 0. The van der Waals surface area contributed by atoms with Crippen molar-refractivity contribution in [3.05, 3.63) is 41.2 Å². The number of nitrogens with two attached hydrogens (primary N) is 1. The first-order valence-corrected chi connectivity index (χ1v) is 5.30. The van der Waals surface area contributed by atoms with Gasteiger partial charge in [-0.15, -0.1) is 0 Å². The number of aromatic nitrogens is 2. The summed E-state index contributed by atoms with van der Waals surface area (Å²) in [5, 5.41) is 7.95. The average Bonchev–Trinajstić information content (AvgIpc) is 2.63. The van der Waals surface area contributed by atoms with Crippen LogP contribution in [-0.4, -0.2) is 9.78 Å². The molecule has 0 saturated carbocycles. The summed E-state index contributed by atoms with van der Waals surface area (Å²) in [7, 11) is 1.90. The molecular weight excluding hydrogens is 224 g/mol. The maximum atomic E-state index is 6.04. The number of hydrogen-bond donors (Lipinski definition) is 2. The number of nitrogens with zero attached hydrogens (tertiary/aromatic N) is 2. The van der Waals surface area contributed by atoms with E-state index in [0.29, 0.717) is 17.3 Å². The van der Waals surface area contributed by atoms with Crippen molar-refractivity contribution in [2.24, 2.45) is 7.05 Å². The lowest BCUT2D eigenvalue weighted by Gasteiger charge is -2.08. The summed E-state index contributed by atoms with van der Waals surface area (Å²) in [5.41, 5.74) is 8.24. The topological polar surface area (TPSA) is 55.9 Å². The molecule has 0 fully saturated rings. The Kier molecular flexibility index (Phi) is 3.01. The van der Waals surface area contributed by atoms with Crippen molar-refractivity contribution in [2.75, 3.05) is 11.1 Å². The molecule has 0 unspecified atom stereocenters. The molecule has 3 N–H and O–H groups in total. The first kappa shape index (κ1) is 10.8. The lowest BCUT2D eigenvalue weighted by Crippen LogP contribution is -2.05. The van der Waals surface area contributed by atoms with Crippen LogP contribution in [-0.2, 0) is 13.6 Å². The molecule has 1 heterocycles. The van der Waals surface area contributed by atoms with Gasteiger partial charge in [0.25, 0.3) is 0 Å². The lowest BCUT2D eigenvalue weighted by molar-refractivity contribution is 0.720. The lowest BCUT2D eigenvalue weighted by atomic mass is 10.3. The average molecular weight is 237 g/mol. The number of hydrogen-bond acceptors (Lipinski definition) is 3. The van der Waals surface area contributed by atoms with Gasteiger partial charge in [0, 0.05) is 18.9 Å². The zero-order valence-corrected chi connectivity index (χ0v) is 9.70. The van der Waals surface area contributed by atoms with Gasteiger partial charge in [-0.3, -0.25) is 4.68 Å². The molecule has 1 aromatic carbocycles. The van der Waals surface area contributed by atoms with Gasteiger partial charge in [0.15, 0.2) is 0 Å². The number of anilines is 2. The number of halogens is 1. The predicted molar refractivity (Wildman–Crippen MR) is 66.4 cm³/mol. The minimum atomic E-state index is 0.627. The standard InChI is InChI=1S/C11H13ClN4/c1-16-9(4-5-15-16)7-14-11-3-2-8(13)6-10(11)12/h2-6,14H,7,13H2,1H3. The summed E-state index contributed by atoms with van der Waals surface area (Å²) < 4.78 is 1.82. The van der Waals surface area contributed by atoms with Crippen molar-refractivity contribution in [3.63, 3.8) is 0 Å². The van der Waals surface area contributed by atoms with Crippen LogP contribution in [0, 0.1) is 0 Å². The van der Waals surface area contributed by atoms with E-state index < -0.39 is 0 Å². The molecule has 0 amide bonds. The van der Waals surface area contributed by atoms with Crippen LogP contribution in [0.15, 0.2) is 30.5 Å². The zero-order valence-electron chi connectivity index (χ0n) is 8.94. The van der Waals surface area contributed by atoms with Crippen molar-refractivity contribution in [3.8, 4) is 0 Å². The van der Waals surface area contributed by atoms with E-state index in [1.807, 2.05) is 29.9 Å². The minimum absolute atomic E-state index is 0.627. The third-order valence-electron chi connectivity index (χ3n) is 2.38. The fourth-order valence-corrected chi connectivity index (χ4v) is 1.69. The number of aryl methyl sites for hydroxylation is 1. The second-order valence-corrected chi connectivity index (χ2v) is 3.95. The SMILES string of the molecule is Cn1nccc1CNc1ccc(N)cc1Cl. The third-order valence-corrected chi connectivity index (χ3v) is 2.69. The summed E-state index contributed by atoms with van der Waals surface area (Å²) in [6.07, 6.45) is 1.77. The maximum absolute atomic E-state index is 6.04. The highest BCUT2D eigenvalue weighted by atomic mass is 35.5. The molecule has 5 heteroatoms. The van der Waals surface area contributed by atoms with Crippen LogP contribution in [0.5, 0.6) is 0 Å². The molecule has 0 saturated heterocycles. The van der Waals surface area contributed by atoms with Gasteiger partial charge in [-0.2, -0.15) is 5.10 Å². The van der Waals surface area contributed by atoms with E-state index in [1.165, 1.54) is 0 Å². The molecule has 2 rings (SSSR count). The molecule has 0 aliphatic carbocycles. The van der Waals surface area contributed by atoms with Gasteiger partial charge in [-0.25, -0.2) is 0 Å². The summed E-state index contributed by atoms with van der Waals surface area (Å²) in [6, 6.07) is 7.37. The fraction of sp³-hybridized carbons (Fsp3) is 0.182. The van der Waals surface area contributed by atoms with Crippen LogP contribution >= 0.6 is 11.6 Å². The highest BCUT2D eigenvalue weighted by molar-refractivity contribution is 6.33. The number of nitrogen functional groups attached to an aromatic ring is 1. The van der Waals surface area contributed by atoms with E-state index in [2.05, 4.69) is 10.4 Å². The molecule has 0 aliphatic heterocycles. The Hall–Kier alpha value is -1.68. The highest BCUT2D eigenvalue weighted by Crippen LogP contribution is 2.24. The van der Waals surface area contributed by atoms with Gasteiger partial charge < -0.3 is 11.1 Å². The Bertz CT molecular complexity index is 492. The molecule has 0 spiro atoms. The van der Waals surface area contributed by atoms with Crippen molar-refractivity contribution >= 4 is 23.0 Å². The van der Waals surface area contributed by atoms with E-state index in [-0.39, 0.29) is 0 Å². The van der Waals surface area contributed by atoms with E-state index in [0.717, 1.165) is 11.4 Å². The molecule has 2 aromatic rings. The molecule has 4 nitrogen and oxygen atoms in total. The van der Waals surface area contributed by atoms with Crippen LogP contribution in [0.1, 0.15) is 5.69 Å². The monoisotopic (exact) mass is 236 g/mol. The van der Waals surface area contributed by atoms with Crippen molar-refractivity contribution < 1.29 is 0 Å². The molecule has 0 atom stereocenters. The summed E-state index contributed by atoms with van der Waals surface area (Å²) in [6.45, 7) is 0.681. The molecule has 1 aromatic heterocycles. The largest absolute Gasteiger partial charge is 0.399 e. The Balaban J connectivity index is 2.08. The van der Waals surface area contributed by atoms with Crippen LogP contribution in [0.25, 0.3) is 0 Å². The van der Waals surface area contributed by atoms with E-state index in [9.17, 15) is 0 Å². The van der Waals surface area contributed by atoms with Crippen LogP contribution in [0.2, 0.25) is 5.02 Å². The highest BCUT2D eigenvalue weighted by Gasteiger charge is 2.02. The molecular formula is C11H13ClN4. The Morgan fingerprint density at radius 2 is 2.25 bits per heavy atom. The summed E-state index contributed by atoms with van der Waals surface area (Å²) in [4.78, 5) is 0. The molecule has 0 radical (unpaired) electrons. The number of benzene rings is 1. The maximum Gasteiger partial charge on any atom is 0.0658 e. The summed E-state index contributed by atoms with van der Waals surface area (Å²) >= 11 is 6.04. The second-order valence-electron chi connectivity index (χ2n) is 3.54. The third kappa shape index (κ3) is 2.28. The van der Waals surface area contributed by atoms with Gasteiger partial charge in [0.05, 0.1) is 22.9 Å². The fourth-order valence-electron chi connectivity index (χ4n) is 1.44. The van der Waals surface area contributed by atoms with Gasteiger partial charge in [-0.1, -0.05) is 11.6 Å². The van der Waals surface area contributed by atoms with E-state index in [4.69, 9.17) is 17.3 Å². The van der Waals surface area contributed by atoms with Crippen LogP contribution in [0.3, 0.4) is 0 Å². The van der Waals surface area contributed by atoms with Gasteiger partial charge >= 0.3 is 0 Å². The van der Waals surface area contributed by atoms with E-state index in [1.54, 1.807) is 12.3 Å². The second kappa shape index (κ2) is 4.45. The molecule has 84 valence electrons. The van der Waals surface area contributed by atoms with Crippen molar-refractivity contribution in [1.29, 1.82) is 0 Å². The van der Waals surface area contributed by atoms with Crippen LogP contribution < -0.4 is 11.1 Å². The van der Waals surface area contributed by atoms with Gasteiger partial charge in [-0.05, 0) is 24.3 Å². The first-order valence-electron chi connectivity index (χ1n) is 4.92. The van der Waals surface area contributed by atoms with E-state index >= 15 is 0 Å². The Morgan fingerprint density at radius 3 is 2.88 bits per heavy atom. The van der Waals surface area contributed by atoms with Crippen LogP contribution in [0.4, 0.5) is 11.4 Å². The zero-order chi connectivity index (χ0) is 11.5. The van der Waals surface area contributed by atoms with Crippen molar-refractivity contribution in [1.82, 2.24) is 9.78 Å². The minimum Gasteiger partial charge on any atom is -0.399 e. The Morgan fingerprint density at radius 1 is 1.44 bits per heavy atom. The predicted octanol–water partition coefficient (Wildman–Crippen LogP) is 2.27. The van der Waals surface area contributed by atoms with Gasteiger partial charge in [0.1, 0.15) is 0 Å². The quantitative estimate of drug-likeness (QED) is 0.804. The van der Waals surface area contributed by atoms with Crippen molar-refractivity contribution in [2.45, 2.75) is 6.54 Å². The van der Waals surface area contributed by atoms with Gasteiger partial charge in [0.2, 0.25) is 0 Å². The molecule has 16 heavy (non-hydrogen) atoms. The normalized spacial score (nSPS) is 10.4.